The number of aryl methyl sites for hydroxylation is 1. The monoisotopic (exact) mass is 272 g/mol. The molecule has 0 aromatic carbocycles. The SMILES string of the molecule is COc1cc(S(=O)(=O)N2CC3(CNC3)C2)n(C)n1. The van der Waals surface area contributed by atoms with E-state index in [2.05, 4.69) is 10.4 Å². The third-order valence-electron chi connectivity index (χ3n) is 3.65. The van der Waals surface area contributed by atoms with Gasteiger partial charge in [-0.3, -0.25) is 4.68 Å². The van der Waals surface area contributed by atoms with Gasteiger partial charge in [0.2, 0.25) is 5.88 Å². The largest absolute Gasteiger partial charge is 0.480 e. The zero-order chi connectivity index (χ0) is 13.0. The summed E-state index contributed by atoms with van der Waals surface area (Å²) in [6, 6.07) is 1.46. The van der Waals surface area contributed by atoms with E-state index in [0.717, 1.165) is 13.1 Å². The maximum atomic E-state index is 12.4. The zero-order valence-corrected chi connectivity index (χ0v) is 11.2. The van der Waals surface area contributed by atoms with Gasteiger partial charge in [0.1, 0.15) is 0 Å². The molecule has 2 aliphatic rings. The van der Waals surface area contributed by atoms with Gasteiger partial charge < -0.3 is 10.1 Å². The molecule has 100 valence electrons. The lowest BCUT2D eigenvalue weighted by atomic mass is 9.76. The van der Waals surface area contributed by atoms with Crippen LogP contribution in [0, 0.1) is 5.41 Å². The highest BCUT2D eigenvalue weighted by atomic mass is 32.2. The number of sulfonamides is 1. The first-order chi connectivity index (χ1) is 8.47. The van der Waals surface area contributed by atoms with Crippen LogP contribution in [0.15, 0.2) is 11.1 Å². The summed E-state index contributed by atoms with van der Waals surface area (Å²) in [6.07, 6.45) is 0. The number of nitrogens with one attached hydrogen (secondary N) is 1. The Morgan fingerprint density at radius 2 is 2.11 bits per heavy atom. The van der Waals surface area contributed by atoms with Crippen LogP contribution in [0.2, 0.25) is 0 Å². The van der Waals surface area contributed by atoms with Gasteiger partial charge in [-0.15, -0.1) is 5.10 Å². The molecule has 2 saturated heterocycles. The van der Waals surface area contributed by atoms with Crippen molar-refractivity contribution in [2.75, 3.05) is 33.3 Å². The zero-order valence-electron chi connectivity index (χ0n) is 10.4. The van der Waals surface area contributed by atoms with E-state index in [4.69, 9.17) is 4.74 Å². The molecule has 1 aromatic heterocycles. The Morgan fingerprint density at radius 1 is 1.44 bits per heavy atom. The molecule has 1 spiro atoms. The van der Waals surface area contributed by atoms with Gasteiger partial charge in [-0.2, -0.15) is 4.31 Å². The van der Waals surface area contributed by atoms with Gasteiger partial charge in [0.05, 0.1) is 7.11 Å². The third kappa shape index (κ3) is 1.56. The van der Waals surface area contributed by atoms with E-state index in [-0.39, 0.29) is 10.4 Å². The van der Waals surface area contributed by atoms with Gasteiger partial charge in [0.15, 0.2) is 5.03 Å². The number of rotatable bonds is 3. The van der Waals surface area contributed by atoms with Crippen molar-refractivity contribution < 1.29 is 13.2 Å². The summed E-state index contributed by atoms with van der Waals surface area (Å²) in [7, 11) is -0.367. The summed E-state index contributed by atoms with van der Waals surface area (Å²) in [5.74, 6) is 0.316. The molecule has 7 nitrogen and oxygen atoms in total. The van der Waals surface area contributed by atoms with E-state index >= 15 is 0 Å². The minimum atomic E-state index is -3.44. The number of nitrogens with zero attached hydrogens (tertiary/aromatic N) is 3. The van der Waals surface area contributed by atoms with Crippen molar-refractivity contribution in [2.24, 2.45) is 12.5 Å². The fourth-order valence-corrected chi connectivity index (χ4v) is 4.25. The highest BCUT2D eigenvalue weighted by molar-refractivity contribution is 7.89. The fourth-order valence-electron chi connectivity index (χ4n) is 2.47. The number of methoxy groups -OCH3 is 1. The summed E-state index contributed by atoms with van der Waals surface area (Å²) in [6.45, 7) is 3.01. The van der Waals surface area contributed by atoms with E-state index in [1.165, 1.54) is 22.2 Å². The lowest BCUT2D eigenvalue weighted by Gasteiger charge is -2.54. The van der Waals surface area contributed by atoms with Gasteiger partial charge in [-0.05, 0) is 0 Å². The Kier molecular flexibility index (Phi) is 2.45. The smallest absolute Gasteiger partial charge is 0.260 e. The van der Waals surface area contributed by atoms with E-state index < -0.39 is 10.0 Å². The van der Waals surface area contributed by atoms with E-state index in [9.17, 15) is 8.42 Å². The molecule has 0 bridgehead atoms. The Morgan fingerprint density at radius 3 is 2.56 bits per heavy atom. The summed E-state index contributed by atoms with van der Waals surface area (Å²) in [5.41, 5.74) is 0.176. The van der Waals surface area contributed by atoms with Crippen LogP contribution in [0.3, 0.4) is 0 Å². The predicted molar refractivity (Wildman–Crippen MR) is 63.8 cm³/mol. The standard InChI is InChI=1S/C10H16N4O3S/c1-13-9(3-8(12-13)17-2)18(15,16)14-6-10(7-14)4-11-5-10/h3,11H,4-7H2,1-2H3. The van der Waals surface area contributed by atoms with Crippen LogP contribution < -0.4 is 10.1 Å². The van der Waals surface area contributed by atoms with Gasteiger partial charge in [-0.1, -0.05) is 0 Å². The van der Waals surface area contributed by atoms with Gasteiger partial charge >= 0.3 is 0 Å². The van der Waals surface area contributed by atoms with Crippen molar-refractivity contribution in [2.45, 2.75) is 5.03 Å². The summed E-state index contributed by atoms with van der Waals surface area (Å²) in [4.78, 5) is 0. The lowest BCUT2D eigenvalue weighted by molar-refractivity contribution is 0.0161. The molecular formula is C10H16N4O3S. The van der Waals surface area contributed by atoms with Crippen molar-refractivity contribution in [3.05, 3.63) is 6.07 Å². The second-order valence-corrected chi connectivity index (χ2v) is 6.91. The molecule has 1 N–H and O–H groups in total. The van der Waals surface area contributed by atoms with Crippen LogP contribution in [0.1, 0.15) is 0 Å². The van der Waals surface area contributed by atoms with Gasteiger partial charge in [-0.25, -0.2) is 8.42 Å². The average Bonchev–Trinajstić information content (AvgIpc) is 2.55. The van der Waals surface area contributed by atoms with Crippen LogP contribution in [0.4, 0.5) is 0 Å². The van der Waals surface area contributed by atoms with Crippen LogP contribution in [0.25, 0.3) is 0 Å². The second kappa shape index (κ2) is 3.69. The van der Waals surface area contributed by atoms with Gasteiger partial charge in [0, 0.05) is 44.7 Å². The highest BCUT2D eigenvalue weighted by Gasteiger charge is 2.52. The van der Waals surface area contributed by atoms with Crippen molar-refractivity contribution >= 4 is 10.0 Å². The molecule has 8 heteroatoms. The lowest BCUT2D eigenvalue weighted by Crippen LogP contribution is -2.71. The van der Waals surface area contributed by atoms with Crippen molar-refractivity contribution in [3.63, 3.8) is 0 Å². The van der Waals surface area contributed by atoms with E-state index in [1.807, 2.05) is 0 Å². The molecule has 1 aromatic rings. The molecule has 0 atom stereocenters. The summed E-state index contributed by atoms with van der Waals surface area (Å²) in [5, 5.41) is 7.35. The first-order valence-corrected chi connectivity index (χ1v) is 7.20. The molecule has 2 fully saturated rings. The third-order valence-corrected chi connectivity index (χ3v) is 5.50. The number of ether oxygens (including phenoxy) is 1. The maximum Gasteiger partial charge on any atom is 0.260 e. The highest BCUT2D eigenvalue weighted by Crippen LogP contribution is 2.37. The first-order valence-electron chi connectivity index (χ1n) is 5.76. The minimum Gasteiger partial charge on any atom is -0.480 e. The number of hydrogen-bond donors (Lipinski definition) is 1. The quantitative estimate of drug-likeness (QED) is 0.765. The van der Waals surface area contributed by atoms with Crippen molar-refractivity contribution in [1.29, 1.82) is 0 Å². The Bertz CT molecular complexity index is 568. The molecule has 0 unspecified atom stereocenters. The van der Waals surface area contributed by atoms with E-state index in [1.54, 1.807) is 7.05 Å². The minimum absolute atomic E-state index is 0.176. The molecule has 0 radical (unpaired) electrons. The Balaban J connectivity index is 1.84. The number of hydrogen-bond acceptors (Lipinski definition) is 5. The molecule has 0 saturated carbocycles. The van der Waals surface area contributed by atoms with E-state index in [0.29, 0.717) is 19.0 Å². The van der Waals surface area contributed by atoms with Crippen LogP contribution >= 0.6 is 0 Å². The topological polar surface area (TPSA) is 76.5 Å². The molecule has 0 aliphatic carbocycles. The van der Waals surface area contributed by atoms with Crippen LogP contribution in [-0.2, 0) is 17.1 Å². The molecule has 3 rings (SSSR count). The first kappa shape index (κ1) is 11.9. The predicted octanol–water partition coefficient (Wildman–Crippen LogP) is -0.977. The molecule has 0 amide bonds. The average molecular weight is 272 g/mol. The van der Waals surface area contributed by atoms with Crippen LogP contribution in [-0.4, -0.2) is 55.8 Å². The maximum absolute atomic E-state index is 12.4. The normalized spacial score (nSPS) is 22.6. The summed E-state index contributed by atoms with van der Waals surface area (Å²) >= 11 is 0. The molecule has 18 heavy (non-hydrogen) atoms. The van der Waals surface area contributed by atoms with Crippen LogP contribution in [0.5, 0.6) is 5.88 Å². The Labute approximate surface area is 106 Å². The summed E-state index contributed by atoms with van der Waals surface area (Å²) < 4.78 is 32.6. The van der Waals surface area contributed by atoms with Gasteiger partial charge in [0.25, 0.3) is 10.0 Å². The van der Waals surface area contributed by atoms with Crippen molar-refractivity contribution in [1.82, 2.24) is 19.4 Å². The van der Waals surface area contributed by atoms with Crippen molar-refractivity contribution in [3.8, 4) is 5.88 Å². The molecular weight excluding hydrogens is 256 g/mol. The fraction of sp³-hybridized carbons (Fsp3) is 0.700. The molecule has 3 heterocycles. The number of aromatic nitrogens is 2. The molecule has 2 aliphatic heterocycles. The second-order valence-electron chi connectivity index (χ2n) is 5.03. The Hall–Kier alpha value is -1.12.